The molecule has 1 aliphatic rings. The molecule has 1 saturated heterocycles. The molecule has 0 amide bonds. The number of rotatable bonds is 3. The molecule has 18 heavy (non-hydrogen) atoms. The summed E-state index contributed by atoms with van der Waals surface area (Å²) in [7, 11) is 2.10. The lowest BCUT2D eigenvalue weighted by atomic mass is 10.0. The molecule has 2 rings (SSSR count). The maximum atomic E-state index is 13.2. The van der Waals surface area contributed by atoms with Gasteiger partial charge in [-0.2, -0.15) is 0 Å². The fourth-order valence-corrected chi connectivity index (χ4v) is 2.58. The summed E-state index contributed by atoms with van der Waals surface area (Å²) in [6, 6.07) is 4.06. The van der Waals surface area contributed by atoms with Gasteiger partial charge in [0.15, 0.2) is 0 Å². The number of hydrogen-bond acceptors (Lipinski definition) is 2. The molecule has 0 aliphatic carbocycles. The minimum Gasteiger partial charge on any atom is -0.306 e. The molecule has 1 aromatic carbocycles. The number of nitrogens with one attached hydrogen (secondary N) is 1. The third-order valence-corrected chi connectivity index (χ3v) is 3.50. The average molecular weight is 254 g/mol. The molecule has 2 nitrogen and oxygen atoms in total. The normalized spacial score (nSPS) is 23.0. The van der Waals surface area contributed by atoms with Crippen LogP contribution in [-0.2, 0) is 0 Å². The van der Waals surface area contributed by atoms with Crippen molar-refractivity contribution in [3.63, 3.8) is 0 Å². The van der Waals surface area contributed by atoms with E-state index >= 15 is 0 Å². The molecule has 1 fully saturated rings. The Bertz CT molecular complexity index is 389. The van der Waals surface area contributed by atoms with E-state index in [4.69, 9.17) is 0 Å². The molecular weight excluding hydrogens is 234 g/mol. The van der Waals surface area contributed by atoms with E-state index in [1.807, 2.05) is 6.92 Å². The van der Waals surface area contributed by atoms with Crippen LogP contribution in [0.25, 0.3) is 0 Å². The number of likely N-dealkylation sites (tertiary alicyclic amines) is 1. The van der Waals surface area contributed by atoms with Crippen LogP contribution < -0.4 is 5.32 Å². The summed E-state index contributed by atoms with van der Waals surface area (Å²) < 4.78 is 26.3. The van der Waals surface area contributed by atoms with Crippen molar-refractivity contribution in [3.8, 4) is 0 Å². The summed E-state index contributed by atoms with van der Waals surface area (Å²) in [6.45, 7) is 4.06. The molecule has 100 valence electrons. The predicted molar refractivity (Wildman–Crippen MR) is 68.4 cm³/mol. The highest BCUT2D eigenvalue weighted by Crippen LogP contribution is 2.18. The Balaban J connectivity index is 2.00. The van der Waals surface area contributed by atoms with Crippen molar-refractivity contribution in [2.24, 2.45) is 0 Å². The molecule has 2 atom stereocenters. The van der Waals surface area contributed by atoms with Gasteiger partial charge in [-0.1, -0.05) is 0 Å². The van der Waals surface area contributed by atoms with Gasteiger partial charge in [-0.15, -0.1) is 0 Å². The highest BCUT2D eigenvalue weighted by Gasteiger charge is 2.19. The van der Waals surface area contributed by atoms with Crippen molar-refractivity contribution in [1.82, 2.24) is 10.2 Å². The highest BCUT2D eigenvalue weighted by molar-refractivity contribution is 5.21. The van der Waals surface area contributed by atoms with Crippen molar-refractivity contribution in [1.29, 1.82) is 0 Å². The average Bonchev–Trinajstić information content (AvgIpc) is 2.27. The van der Waals surface area contributed by atoms with Gasteiger partial charge in [0.1, 0.15) is 11.6 Å². The lowest BCUT2D eigenvalue weighted by Crippen LogP contribution is -2.44. The SMILES string of the molecule is CC(NC1CCCN(C)C1)c1cc(F)cc(F)c1. The Morgan fingerprint density at radius 3 is 2.56 bits per heavy atom. The van der Waals surface area contributed by atoms with Crippen LogP contribution >= 0.6 is 0 Å². The molecule has 0 bridgehead atoms. The Morgan fingerprint density at radius 2 is 1.94 bits per heavy atom. The summed E-state index contributed by atoms with van der Waals surface area (Å²) >= 11 is 0. The highest BCUT2D eigenvalue weighted by atomic mass is 19.1. The van der Waals surface area contributed by atoms with Crippen molar-refractivity contribution >= 4 is 0 Å². The summed E-state index contributed by atoms with van der Waals surface area (Å²) in [6.07, 6.45) is 2.28. The van der Waals surface area contributed by atoms with E-state index < -0.39 is 11.6 Å². The van der Waals surface area contributed by atoms with E-state index in [0.717, 1.165) is 25.6 Å². The molecule has 0 spiro atoms. The molecule has 4 heteroatoms. The Kier molecular flexibility index (Phi) is 4.30. The van der Waals surface area contributed by atoms with Crippen LogP contribution in [0, 0.1) is 11.6 Å². The fourth-order valence-electron chi connectivity index (χ4n) is 2.58. The second-order valence-electron chi connectivity index (χ2n) is 5.19. The van der Waals surface area contributed by atoms with Gasteiger partial charge in [0, 0.05) is 24.7 Å². The number of hydrogen-bond donors (Lipinski definition) is 1. The van der Waals surface area contributed by atoms with Crippen molar-refractivity contribution in [2.75, 3.05) is 20.1 Å². The van der Waals surface area contributed by atoms with Crippen molar-refractivity contribution in [2.45, 2.75) is 31.8 Å². The Labute approximate surface area is 107 Å². The van der Waals surface area contributed by atoms with Gasteiger partial charge < -0.3 is 10.2 Å². The number of halogens is 2. The zero-order chi connectivity index (χ0) is 13.1. The van der Waals surface area contributed by atoms with Crippen LogP contribution in [-0.4, -0.2) is 31.1 Å². The molecule has 1 aliphatic heterocycles. The van der Waals surface area contributed by atoms with Crippen LogP contribution in [0.1, 0.15) is 31.4 Å². The van der Waals surface area contributed by atoms with Crippen LogP contribution in [0.15, 0.2) is 18.2 Å². The van der Waals surface area contributed by atoms with Crippen LogP contribution in [0.4, 0.5) is 8.78 Å². The van der Waals surface area contributed by atoms with Crippen molar-refractivity contribution < 1.29 is 8.78 Å². The minimum atomic E-state index is -0.514. The standard InChI is InChI=1S/C14H20F2N2/c1-10(11-6-12(15)8-13(16)7-11)17-14-4-3-5-18(2)9-14/h6-8,10,14,17H,3-5,9H2,1-2H3. The lowest BCUT2D eigenvalue weighted by Gasteiger charge is -2.32. The van der Waals surface area contributed by atoms with Gasteiger partial charge in [0.25, 0.3) is 0 Å². The van der Waals surface area contributed by atoms with E-state index in [-0.39, 0.29) is 6.04 Å². The first-order valence-corrected chi connectivity index (χ1v) is 6.45. The first-order chi connectivity index (χ1) is 8.54. The predicted octanol–water partition coefficient (Wildman–Crippen LogP) is 2.71. The molecule has 1 aromatic rings. The van der Waals surface area contributed by atoms with E-state index in [1.54, 1.807) is 0 Å². The van der Waals surface area contributed by atoms with Gasteiger partial charge in [0.2, 0.25) is 0 Å². The summed E-state index contributed by atoms with van der Waals surface area (Å²) in [5.74, 6) is -1.03. The zero-order valence-electron chi connectivity index (χ0n) is 10.9. The molecule has 0 aromatic heterocycles. The van der Waals surface area contributed by atoms with Crippen LogP contribution in [0.2, 0.25) is 0 Å². The van der Waals surface area contributed by atoms with Crippen LogP contribution in [0.3, 0.4) is 0 Å². The molecule has 0 saturated carbocycles. The van der Waals surface area contributed by atoms with Crippen molar-refractivity contribution in [3.05, 3.63) is 35.4 Å². The Hall–Kier alpha value is -1.00. The third-order valence-electron chi connectivity index (χ3n) is 3.50. The Morgan fingerprint density at radius 1 is 1.28 bits per heavy atom. The maximum Gasteiger partial charge on any atom is 0.126 e. The lowest BCUT2D eigenvalue weighted by molar-refractivity contribution is 0.218. The van der Waals surface area contributed by atoms with E-state index in [2.05, 4.69) is 17.3 Å². The quantitative estimate of drug-likeness (QED) is 0.892. The molecule has 1 N–H and O–H groups in total. The third kappa shape index (κ3) is 3.50. The maximum absolute atomic E-state index is 13.2. The smallest absolute Gasteiger partial charge is 0.126 e. The van der Waals surface area contributed by atoms with Gasteiger partial charge >= 0.3 is 0 Å². The number of piperidine rings is 1. The fraction of sp³-hybridized carbons (Fsp3) is 0.571. The monoisotopic (exact) mass is 254 g/mol. The van der Waals surface area contributed by atoms with Gasteiger partial charge in [-0.3, -0.25) is 0 Å². The molecule has 1 heterocycles. The minimum absolute atomic E-state index is 0.0355. The number of benzene rings is 1. The van der Waals surface area contributed by atoms with E-state index in [9.17, 15) is 8.78 Å². The van der Waals surface area contributed by atoms with Gasteiger partial charge in [-0.05, 0) is 51.1 Å². The van der Waals surface area contributed by atoms with Gasteiger partial charge in [-0.25, -0.2) is 8.78 Å². The number of nitrogens with zero attached hydrogens (tertiary/aromatic N) is 1. The molecule has 0 radical (unpaired) electrons. The molecule has 2 unspecified atom stereocenters. The van der Waals surface area contributed by atoms with Gasteiger partial charge in [0.05, 0.1) is 0 Å². The summed E-state index contributed by atoms with van der Waals surface area (Å²) in [4.78, 5) is 2.28. The zero-order valence-corrected chi connectivity index (χ0v) is 10.9. The second kappa shape index (κ2) is 5.76. The van der Waals surface area contributed by atoms with Crippen LogP contribution in [0.5, 0.6) is 0 Å². The van der Waals surface area contributed by atoms with E-state index in [0.29, 0.717) is 11.6 Å². The first-order valence-electron chi connectivity index (χ1n) is 6.45. The second-order valence-corrected chi connectivity index (χ2v) is 5.19. The topological polar surface area (TPSA) is 15.3 Å². The first kappa shape index (κ1) is 13.4. The van der Waals surface area contributed by atoms with E-state index in [1.165, 1.54) is 18.6 Å². The largest absolute Gasteiger partial charge is 0.306 e. The molecular formula is C14H20F2N2. The number of likely N-dealkylation sites (N-methyl/N-ethyl adjacent to an activating group) is 1. The summed E-state index contributed by atoms with van der Waals surface area (Å²) in [5.41, 5.74) is 0.667. The summed E-state index contributed by atoms with van der Waals surface area (Å²) in [5, 5.41) is 3.44.